The second-order valence-electron chi connectivity index (χ2n) is 3.12. The van der Waals surface area contributed by atoms with Crippen LogP contribution in [0.5, 0.6) is 0 Å². The van der Waals surface area contributed by atoms with Gasteiger partial charge in [-0.25, -0.2) is 0 Å². The highest BCUT2D eigenvalue weighted by Gasteiger charge is 2.15. The first-order chi connectivity index (χ1) is 6.27. The highest BCUT2D eigenvalue weighted by molar-refractivity contribution is 5.96. The number of anilines is 1. The molecule has 0 saturated heterocycles. The summed E-state index contributed by atoms with van der Waals surface area (Å²) in [5.74, 6) is -0.0627. The second kappa shape index (κ2) is 3.05. The summed E-state index contributed by atoms with van der Waals surface area (Å²) >= 11 is 0. The van der Waals surface area contributed by atoms with Gasteiger partial charge in [-0.1, -0.05) is 0 Å². The van der Waals surface area contributed by atoms with E-state index in [9.17, 15) is 4.79 Å². The van der Waals surface area contributed by atoms with E-state index < -0.39 is 0 Å². The number of nitrogens with two attached hydrogens (primary N) is 1. The molecule has 1 aliphatic heterocycles. The van der Waals surface area contributed by atoms with Crippen molar-refractivity contribution in [3.8, 4) is 0 Å². The fourth-order valence-corrected chi connectivity index (χ4v) is 1.46. The smallest absolute Gasteiger partial charge is 0.253 e. The first-order valence-electron chi connectivity index (χ1n) is 4.30. The Kier molecular flexibility index (Phi) is 1.88. The number of rotatable bonds is 0. The maximum Gasteiger partial charge on any atom is 0.253 e. The van der Waals surface area contributed by atoms with Gasteiger partial charge in [0.05, 0.1) is 23.1 Å². The summed E-state index contributed by atoms with van der Waals surface area (Å²) in [6.07, 6.45) is 3.38. The highest BCUT2D eigenvalue weighted by atomic mass is 16.1. The van der Waals surface area contributed by atoms with Crippen molar-refractivity contribution in [3.63, 3.8) is 0 Å². The highest BCUT2D eigenvalue weighted by Crippen LogP contribution is 2.14. The summed E-state index contributed by atoms with van der Waals surface area (Å²) in [5.41, 5.74) is 7.56. The van der Waals surface area contributed by atoms with E-state index in [-0.39, 0.29) is 5.91 Å². The maximum absolute atomic E-state index is 11.5. The van der Waals surface area contributed by atoms with Gasteiger partial charge < -0.3 is 11.1 Å². The molecule has 68 valence electrons. The maximum atomic E-state index is 11.5. The Morgan fingerprint density at radius 3 is 3.23 bits per heavy atom. The van der Waals surface area contributed by atoms with Gasteiger partial charge in [-0.05, 0) is 18.9 Å². The number of hydrogen-bond acceptors (Lipinski definition) is 3. The van der Waals surface area contributed by atoms with Gasteiger partial charge >= 0.3 is 0 Å². The minimum absolute atomic E-state index is 0.0627. The molecule has 0 saturated carbocycles. The Morgan fingerprint density at radius 1 is 1.54 bits per heavy atom. The molecule has 2 heterocycles. The van der Waals surface area contributed by atoms with Gasteiger partial charge in [0, 0.05) is 6.54 Å². The Morgan fingerprint density at radius 2 is 2.38 bits per heavy atom. The number of nitrogens with zero attached hydrogens (tertiary/aromatic N) is 1. The number of nitrogens with one attached hydrogen (secondary N) is 1. The number of nitrogen functional groups attached to an aromatic ring is 1. The first kappa shape index (κ1) is 8.04. The fraction of sp³-hybridized carbons (Fsp3) is 0.333. The topological polar surface area (TPSA) is 68.0 Å². The van der Waals surface area contributed by atoms with Crippen LogP contribution in [0, 0.1) is 0 Å². The van der Waals surface area contributed by atoms with E-state index in [1.165, 1.54) is 0 Å². The standard InChI is InChI=1S/C9H11N3O/c10-6-4-7-8(12-5-6)2-1-3-11-9(7)13/h4-5H,1-3,10H2,(H,11,13). The van der Waals surface area contributed by atoms with Crippen LogP contribution in [0.3, 0.4) is 0 Å². The zero-order valence-electron chi connectivity index (χ0n) is 7.21. The molecule has 2 rings (SSSR count). The molecule has 0 unspecified atom stereocenters. The molecule has 0 bridgehead atoms. The van der Waals surface area contributed by atoms with E-state index in [1.807, 2.05) is 0 Å². The molecule has 1 aliphatic rings. The normalized spacial score (nSPS) is 15.8. The van der Waals surface area contributed by atoms with Crippen LogP contribution in [-0.2, 0) is 6.42 Å². The summed E-state index contributed by atoms with van der Waals surface area (Å²) in [5, 5.41) is 2.79. The quantitative estimate of drug-likeness (QED) is 0.600. The predicted molar refractivity (Wildman–Crippen MR) is 49.3 cm³/mol. The molecule has 13 heavy (non-hydrogen) atoms. The Bertz CT molecular complexity index is 349. The lowest BCUT2D eigenvalue weighted by atomic mass is 10.1. The largest absolute Gasteiger partial charge is 0.397 e. The van der Waals surface area contributed by atoms with Crippen molar-refractivity contribution >= 4 is 11.6 Å². The Labute approximate surface area is 76.2 Å². The summed E-state index contributed by atoms with van der Waals surface area (Å²) in [4.78, 5) is 15.6. The van der Waals surface area contributed by atoms with E-state index in [4.69, 9.17) is 5.73 Å². The minimum Gasteiger partial charge on any atom is -0.397 e. The minimum atomic E-state index is -0.0627. The lowest BCUT2D eigenvalue weighted by Crippen LogP contribution is -2.22. The molecule has 1 aromatic heterocycles. The number of aromatic nitrogens is 1. The molecule has 1 amide bonds. The Balaban J connectivity index is 2.49. The third kappa shape index (κ3) is 1.47. The first-order valence-corrected chi connectivity index (χ1v) is 4.30. The zero-order chi connectivity index (χ0) is 9.26. The van der Waals surface area contributed by atoms with Crippen LogP contribution in [-0.4, -0.2) is 17.4 Å². The summed E-state index contributed by atoms with van der Waals surface area (Å²) < 4.78 is 0. The van der Waals surface area contributed by atoms with Crippen LogP contribution in [0.4, 0.5) is 5.69 Å². The lowest BCUT2D eigenvalue weighted by molar-refractivity contribution is 0.0956. The van der Waals surface area contributed by atoms with Crippen molar-refractivity contribution < 1.29 is 4.79 Å². The average molecular weight is 177 g/mol. The van der Waals surface area contributed by atoms with Crippen molar-refractivity contribution in [1.82, 2.24) is 10.3 Å². The van der Waals surface area contributed by atoms with Crippen LogP contribution in [0.2, 0.25) is 0 Å². The van der Waals surface area contributed by atoms with Crippen LogP contribution in [0.1, 0.15) is 22.5 Å². The lowest BCUT2D eigenvalue weighted by Gasteiger charge is -2.03. The number of amides is 1. The number of hydrogen-bond donors (Lipinski definition) is 2. The van der Waals surface area contributed by atoms with Gasteiger partial charge in [-0.2, -0.15) is 0 Å². The van der Waals surface area contributed by atoms with Gasteiger partial charge in [0.2, 0.25) is 0 Å². The SMILES string of the molecule is Nc1cnc2c(c1)C(=O)NCCC2. The third-order valence-corrected chi connectivity index (χ3v) is 2.11. The van der Waals surface area contributed by atoms with Gasteiger partial charge in [-0.15, -0.1) is 0 Å². The van der Waals surface area contributed by atoms with Crippen LogP contribution >= 0.6 is 0 Å². The molecule has 0 aromatic carbocycles. The fourth-order valence-electron chi connectivity index (χ4n) is 1.46. The van der Waals surface area contributed by atoms with E-state index in [2.05, 4.69) is 10.3 Å². The summed E-state index contributed by atoms with van der Waals surface area (Å²) in [6.45, 7) is 0.717. The number of carbonyl (C=O) groups is 1. The van der Waals surface area contributed by atoms with Crippen molar-refractivity contribution in [2.75, 3.05) is 12.3 Å². The Hall–Kier alpha value is -1.58. The average Bonchev–Trinajstić information content (AvgIpc) is 2.29. The van der Waals surface area contributed by atoms with Crippen molar-refractivity contribution in [1.29, 1.82) is 0 Å². The molecular formula is C9H11N3O. The number of aryl methyl sites for hydroxylation is 1. The number of fused-ring (bicyclic) bond motifs is 1. The molecule has 0 aliphatic carbocycles. The van der Waals surface area contributed by atoms with Crippen LogP contribution in [0.15, 0.2) is 12.3 Å². The summed E-state index contributed by atoms with van der Waals surface area (Å²) in [6, 6.07) is 1.68. The van der Waals surface area contributed by atoms with Crippen LogP contribution in [0.25, 0.3) is 0 Å². The van der Waals surface area contributed by atoms with E-state index in [0.717, 1.165) is 25.1 Å². The molecule has 4 heteroatoms. The molecular weight excluding hydrogens is 166 g/mol. The zero-order valence-corrected chi connectivity index (χ0v) is 7.21. The summed E-state index contributed by atoms with van der Waals surface area (Å²) in [7, 11) is 0. The molecule has 0 fully saturated rings. The van der Waals surface area contributed by atoms with Crippen molar-refractivity contribution in [2.45, 2.75) is 12.8 Å². The molecule has 0 radical (unpaired) electrons. The van der Waals surface area contributed by atoms with Crippen LogP contribution < -0.4 is 11.1 Å². The second-order valence-corrected chi connectivity index (χ2v) is 3.12. The van der Waals surface area contributed by atoms with Gasteiger partial charge in [0.15, 0.2) is 0 Å². The van der Waals surface area contributed by atoms with E-state index >= 15 is 0 Å². The number of pyridine rings is 1. The van der Waals surface area contributed by atoms with Crippen molar-refractivity contribution in [3.05, 3.63) is 23.5 Å². The van der Waals surface area contributed by atoms with E-state index in [1.54, 1.807) is 12.3 Å². The monoisotopic (exact) mass is 177 g/mol. The molecule has 0 atom stereocenters. The molecule has 0 spiro atoms. The third-order valence-electron chi connectivity index (χ3n) is 2.11. The van der Waals surface area contributed by atoms with Crippen molar-refractivity contribution in [2.24, 2.45) is 0 Å². The predicted octanol–water partition coefficient (Wildman–Crippen LogP) is 0.340. The van der Waals surface area contributed by atoms with Gasteiger partial charge in [0.25, 0.3) is 5.91 Å². The molecule has 4 nitrogen and oxygen atoms in total. The van der Waals surface area contributed by atoms with E-state index in [0.29, 0.717) is 11.3 Å². The molecule has 3 N–H and O–H groups in total. The van der Waals surface area contributed by atoms with Gasteiger partial charge in [0.1, 0.15) is 0 Å². The molecule has 1 aromatic rings. The number of carbonyl (C=O) groups excluding carboxylic acids is 1. The van der Waals surface area contributed by atoms with Gasteiger partial charge in [-0.3, -0.25) is 9.78 Å².